The minimum Gasteiger partial charge on any atom is -0.491 e. The van der Waals surface area contributed by atoms with Crippen molar-refractivity contribution in [1.82, 2.24) is 20.3 Å². The SMILES string of the molecule is CC(C)Oc1ccc(CCNC(=O)Cn2nnc3ccccc32)cc1. The number of aromatic nitrogens is 3. The van der Waals surface area contributed by atoms with Gasteiger partial charge in [-0.3, -0.25) is 4.79 Å². The van der Waals surface area contributed by atoms with E-state index in [1.165, 1.54) is 0 Å². The Morgan fingerprint density at radius 3 is 2.68 bits per heavy atom. The van der Waals surface area contributed by atoms with E-state index in [1.54, 1.807) is 4.68 Å². The third kappa shape index (κ3) is 4.56. The number of amides is 1. The first-order valence-electron chi connectivity index (χ1n) is 8.42. The number of carbonyl (C=O) groups is 1. The normalized spacial score (nSPS) is 11.0. The van der Waals surface area contributed by atoms with Crippen LogP contribution in [0.4, 0.5) is 0 Å². The van der Waals surface area contributed by atoms with Gasteiger partial charge in [-0.15, -0.1) is 5.10 Å². The predicted octanol–water partition coefficient (Wildman–Crippen LogP) is 2.58. The van der Waals surface area contributed by atoms with E-state index in [0.717, 1.165) is 28.8 Å². The van der Waals surface area contributed by atoms with Gasteiger partial charge in [0.05, 0.1) is 11.6 Å². The van der Waals surface area contributed by atoms with Crippen LogP contribution in [-0.2, 0) is 17.8 Å². The van der Waals surface area contributed by atoms with E-state index in [2.05, 4.69) is 15.6 Å². The second kappa shape index (κ2) is 7.79. The molecule has 0 bridgehead atoms. The lowest BCUT2D eigenvalue weighted by Gasteiger charge is -2.10. The van der Waals surface area contributed by atoms with Gasteiger partial charge in [0.1, 0.15) is 17.8 Å². The van der Waals surface area contributed by atoms with Crippen LogP contribution in [0.2, 0.25) is 0 Å². The summed E-state index contributed by atoms with van der Waals surface area (Å²) in [4.78, 5) is 12.1. The Balaban J connectivity index is 1.48. The third-order valence-electron chi connectivity index (χ3n) is 3.74. The van der Waals surface area contributed by atoms with Crippen molar-refractivity contribution >= 4 is 16.9 Å². The molecule has 0 fully saturated rings. The summed E-state index contributed by atoms with van der Waals surface area (Å²) < 4.78 is 7.23. The maximum absolute atomic E-state index is 12.1. The first-order valence-corrected chi connectivity index (χ1v) is 8.42. The van der Waals surface area contributed by atoms with Crippen LogP contribution < -0.4 is 10.1 Å². The molecule has 130 valence electrons. The molecule has 0 saturated heterocycles. The van der Waals surface area contributed by atoms with Crippen LogP contribution in [0.25, 0.3) is 11.0 Å². The van der Waals surface area contributed by atoms with E-state index in [-0.39, 0.29) is 18.6 Å². The average Bonchev–Trinajstić information content (AvgIpc) is 2.99. The second-order valence-corrected chi connectivity index (χ2v) is 6.15. The zero-order valence-electron chi connectivity index (χ0n) is 14.5. The van der Waals surface area contributed by atoms with Crippen molar-refractivity contribution in [2.75, 3.05) is 6.54 Å². The molecule has 0 radical (unpaired) electrons. The molecule has 3 aromatic rings. The largest absolute Gasteiger partial charge is 0.491 e. The van der Waals surface area contributed by atoms with Gasteiger partial charge in [-0.1, -0.05) is 29.5 Å². The first-order chi connectivity index (χ1) is 12.1. The van der Waals surface area contributed by atoms with Gasteiger partial charge < -0.3 is 10.1 Å². The number of nitrogens with zero attached hydrogens (tertiary/aromatic N) is 3. The molecule has 0 atom stereocenters. The topological polar surface area (TPSA) is 69.0 Å². The van der Waals surface area contributed by atoms with Gasteiger partial charge in [0.2, 0.25) is 5.91 Å². The van der Waals surface area contributed by atoms with Crippen LogP contribution in [0.1, 0.15) is 19.4 Å². The molecule has 6 heteroatoms. The first kappa shape index (κ1) is 17.0. The van der Waals surface area contributed by atoms with Gasteiger partial charge in [0, 0.05) is 6.54 Å². The smallest absolute Gasteiger partial charge is 0.241 e. The molecular formula is C19H22N4O2. The predicted molar refractivity (Wildman–Crippen MR) is 96.4 cm³/mol. The minimum absolute atomic E-state index is 0.0737. The van der Waals surface area contributed by atoms with E-state index in [4.69, 9.17) is 4.74 Å². The molecule has 0 aliphatic rings. The van der Waals surface area contributed by atoms with Crippen LogP contribution in [0.5, 0.6) is 5.75 Å². The Kier molecular flexibility index (Phi) is 5.28. The fourth-order valence-electron chi connectivity index (χ4n) is 2.58. The van der Waals surface area contributed by atoms with Gasteiger partial charge in [-0.05, 0) is 50.1 Å². The molecule has 3 rings (SSSR count). The quantitative estimate of drug-likeness (QED) is 0.719. The van der Waals surface area contributed by atoms with E-state index in [0.29, 0.717) is 6.54 Å². The minimum atomic E-state index is -0.0737. The van der Waals surface area contributed by atoms with Crippen LogP contribution >= 0.6 is 0 Å². The molecule has 1 N–H and O–H groups in total. The highest BCUT2D eigenvalue weighted by Crippen LogP contribution is 2.14. The molecule has 2 aromatic carbocycles. The van der Waals surface area contributed by atoms with Gasteiger partial charge in [0.15, 0.2) is 0 Å². The summed E-state index contributed by atoms with van der Waals surface area (Å²) in [6, 6.07) is 15.6. The summed E-state index contributed by atoms with van der Waals surface area (Å²) >= 11 is 0. The average molecular weight is 338 g/mol. The molecule has 1 heterocycles. The van der Waals surface area contributed by atoms with Crippen molar-refractivity contribution < 1.29 is 9.53 Å². The third-order valence-corrected chi connectivity index (χ3v) is 3.74. The Labute approximate surface area is 146 Å². The molecule has 0 spiro atoms. The maximum Gasteiger partial charge on any atom is 0.241 e. The number of para-hydroxylation sites is 1. The Bertz CT molecular complexity index is 840. The Morgan fingerprint density at radius 1 is 1.16 bits per heavy atom. The van der Waals surface area contributed by atoms with Crippen molar-refractivity contribution in [2.24, 2.45) is 0 Å². The van der Waals surface area contributed by atoms with Crippen molar-refractivity contribution in [1.29, 1.82) is 0 Å². The molecule has 0 unspecified atom stereocenters. The summed E-state index contributed by atoms with van der Waals surface area (Å²) in [5.74, 6) is 0.788. The number of hydrogen-bond acceptors (Lipinski definition) is 4. The van der Waals surface area contributed by atoms with E-state index >= 15 is 0 Å². The number of carbonyl (C=O) groups excluding carboxylic acids is 1. The lowest BCUT2D eigenvalue weighted by molar-refractivity contribution is -0.121. The standard InChI is InChI=1S/C19H22N4O2/c1-14(2)25-16-9-7-15(8-10-16)11-12-20-19(24)13-23-18-6-4-3-5-17(18)21-22-23/h3-10,14H,11-13H2,1-2H3,(H,20,24). The Morgan fingerprint density at radius 2 is 1.92 bits per heavy atom. The van der Waals surface area contributed by atoms with Crippen LogP contribution in [0.3, 0.4) is 0 Å². The number of ether oxygens (including phenoxy) is 1. The van der Waals surface area contributed by atoms with Crippen molar-refractivity contribution in [2.45, 2.75) is 32.9 Å². The highest BCUT2D eigenvalue weighted by atomic mass is 16.5. The van der Waals surface area contributed by atoms with E-state index in [9.17, 15) is 4.79 Å². The maximum atomic E-state index is 12.1. The molecule has 25 heavy (non-hydrogen) atoms. The molecule has 0 saturated carbocycles. The highest BCUT2D eigenvalue weighted by Gasteiger charge is 2.08. The fraction of sp³-hybridized carbons (Fsp3) is 0.316. The summed E-state index contributed by atoms with van der Waals surface area (Å²) in [7, 11) is 0. The summed E-state index contributed by atoms with van der Waals surface area (Å²) in [5.41, 5.74) is 2.81. The summed E-state index contributed by atoms with van der Waals surface area (Å²) in [6.07, 6.45) is 0.934. The van der Waals surface area contributed by atoms with Crippen molar-refractivity contribution in [3.8, 4) is 5.75 Å². The van der Waals surface area contributed by atoms with Crippen LogP contribution in [-0.4, -0.2) is 33.5 Å². The number of nitrogens with one attached hydrogen (secondary N) is 1. The zero-order chi connectivity index (χ0) is 17.6. The van der Waals surface area contributed by atoms with Gasteiger partial charge in [0.25, 0.3) is 0 Å². The number of rotatable bonds is 7. The number of hydrogen-bond donors (Lipinski definition) is 1. The number of fused-ring (bicyclic) bond motifs is 1. The molecule has 1 amide bonds. The highest BCUT2D eigenvalue weighted by molar-refractivity contribution is 5.79. The zero-order valence-corrected chi connectivity index (χ0v) is 14.5. The van der Waals surface area contributed by atoms with E-state index < -0.39 is 0 Å². The Hall–Kier alpha value is -2.89. The van der Waals surface area contributed by atoms with Crippen molar-refractivity contribution in [3.63, 3.8) is 0 Å². The number of benzene rings is 2. The van der Waals surface area contributed by atoms with Gasteiger partial charge in [-0.2, -0.15) is 0 Å². The second-order valence-electron chi connectivity index (χ2n) is 6.15. The molecule has 6 nitrogen and oxygen atoms in total. The van der Waals surface area contributed by atoms with E-state index in [1.807, 2.05) is 62.4 Å². The fourth-order valence-corrected chi connectivity index (χ4v) is 2.58. The van der Waals surface area contributed by atoms with Crippen LogP contribution in [0, 0.1) is 0 Å². The van der Waals surface area contributed by atoms with Gasteiger partial charge >= 0.3 is 0 Å². The van der Waals surface area contributed by atoms with Crippen molar-refractivity contribution in [3.05, 3.63) is 54.1 Å². The lowest BCUT2D eigenvalue weighted by Crippen LogP contribution is -2.29. The molecule has 1 aromatic heterocycles. The molecule has 0 aliphatic carbocycles. The molecule has 0 aliphatic heterocycles. The molecular weight excluding hydrogens is 316 g/mol. The summed E-state index contributed by atoms with van der Waals surface area (Å²) in [6.45, 7) is 4.75. The summed E-state index contributed by atoms with van der Waals surface area (Å²) in [5, 5.41) is 11.0. The van der Waals surface area contributed by atoms with Gasteiger partial charge in [-0.25, -0.2) is 4.68 Å². The van der Waals surface area contributed by atoms with Crippen LogP contribution in [0.15, 0.2) is 48.5 Å². The monoisotopic (exact) mass is 338 g/mol. The lowest BCUT2D eigenvalue weighted by atomic mass is 10.1.